The van der Waals surface area contributed by atoms with E-state index < -0.39 is 0 Å². The summed E-state index contributed by atoms with van der Waals surface area (Å²) < 4.78 is 2.45. The lowest BCUT2D eigenvalue weighted by atomic mass is 9.80. The van der Waals surface area contributed by atoms with Crippen molar-refractivity contribution in [3.05, 3.63) is 71.4 Å². The number of hydrogen-bond donors (Lipinski definition) is 0. The molecule has 1 nitrogen and oxygen atoms in total. The molecule has 1 aliphatic rings. The van der Waals surface area contributed by atoms with Crippen LogP contribution in [0.2, 0.25) is 0 Å². The van der Waals surface area contributed by atoms with E-state index in [2.05, 4.69) is 80.1 Å². The summed E-state index contributed by atoms with van der Waals surface area (Å²) in [6.07, 6.45) is 2.57. The molecule has 0 spiro atoms. The summed E-state index contributed by atoms with van der Waals surface area (Å²) in [6.45, 7) is 4.83. The Morgan fingerprint density at radius 3 is 2.35 bits per heavy atom. The van der Waals surface area contributed by atoms with E-state index in [-0.39, 0.29) is 0 Å². The summed E-state index contributed by atoms with van der Waals surface area (Å²) in [5.74, 6) is 1.80. The molecule has 3 unspecified atom stereocenters. The Bertz CT molecular complexity index is 828. The van der Waals surface area contributed by atoms with Crippen LogP contribution in [-0.2, 0) is 7.05 Å². The number of rotatable bonds is 1. The van der Waals surface area contributed by atoms with E-state index in [4.69, 9.17) is 0 Å². The number of aromatic nitrogens is 1. The van der Waals surface area contributed by atoms with Gasteiger partial charge in [0.2, 0.25) is 0 Å². The zero-order valence-corrected chi connectivity index (χ0v) is 14.3. The van der Waals surface area contributed by atoms with Gasteiger partial charge >= 0.3 is 0 Å². The predicted molar refractivity (Wildman–Crippen MR) is 98.0 cm³/mol. The van der Waals surface area contributed by atoms with Crippen LogP contribution < -0.4 is 0 Å². The second-order valence-electron chi connectivity index (χ2n) is 7.22. The maximum Gasteiger partial charge on any atom is 0.0483 e. The second-order valence-corrected chi connectivity index (χ2v) is 7.22. The van der Waals surface area contributed by atoms with Crippen LogP contribution in [0.5, 0.6) is 0 Å². The fourth-order valence-electron chi connectivity index (χ4n) is 4.62. The summed E-state index contributed by atoms with van der Waals surface area (Å²) in [7, 11) is 2.25. The monoisotopic (exact) mass is 303 g/mol. The van der Waals surface area contributed by atoms with E-state index in [1.807, 2.05) is 0 Å². The van der Waals surface area contributed by atoms with Crippen LogP contribution in [-0.4, -0.2) is 4.57 Å². The molecule has 0 N–H and O–H groups in total. The molecule has 1 heterocycles. The molecule has 0 amide bonds. The van der Waals surface area contributed by atoms with Crippen LogP contribution in [0.25, 0.3) is 10.9 Å². The zero-order chi connectivity index (χ0) is 16.0. The SMILES string of the molecule is CC1CCC(C)C(c2ccccc2)c2c1n(C)c1ccccc21. The van der Waals surface area contributed by atoms with E-state index >= 15 is 0 Å². The van der Waals surface area contributed by atoms with E-state index in [9.17, 15) is 0 Å². The Morgan fingerprint density at radius 2 is 1.57 bits per heavy atom. The van der Waals surface area contributed by atoms with Crippen molar-refractivity contribution in [2.24, 2.45) is 13.0 Å². The summed E-state index contributed by atoms with van der Waals surface area (Å²) in [6, 6.07) is 20.0. The van der Waals surface area contributed by atoms with Gasteiger partial charge in [0.1, 0.15) is 0 Å². The van der Waals surface area contributed by atoms with Gasteiger partial charge in [-0.25, -0.2) is 0 Å². The third-order valence-corrected chi connectivity index (χ3v) is 5.75. The highest BCUT2D eigenvalue weighted by atomic mass is 15.0. The summed E-state index contributed by atoms with van der Waals surface area (Å²) in [4.78, 5) is 0. The highest BCUT2D eigenvalue weighted by Gasteiger charge is 2.33. The number of aryl methyl sites for hydroxylation is 1. The van der Waals surface area contributed by atoms with Gasteiger partial charge in [0.15, 0.2) is 0 Å². The van der Waals surface area contributed by atoms with Crippen molar-refractivity contribution in [3.8, 4) is 0 Å². The Kier molecular flexibility index (Phi) is 3.52. The van der Waals surface area contributed by atoms with Crippen LogP contribution in [0.4, 0.5) is 0 Å². The van der Waals surface area contributed by atoms with Crippen molar-refractivity contribution >= 4 is 10.9 Å². The first-order chi connectivity index (χ1) is 11.2. The molecule has 1 heteroatoms. The minimum absolute atomic E-state index is 0.502. The summed E-state index contributed by atoms with van der Waals surface area (Å²) in [5.41, 5.74) is 5.96. The van der Waals surface area contributed by atoms with Gasteiger partial charge in [-0.1, -0.05) is 62.4 Å². The van der Waals surface area contributed by atoms with Crippen molar-refractivity contribution in [3.63, 3.8) is 0 Å². The zero-order valence-electron chi connectivity index (χ0n) is 14.3. The minimum Gasteiger partial charge on any atom is -0.347 e. The Hall–Kier alpha value is -2.02. The molecule has 3 aromatic rings. The molecule has 0 saturated carbocycles. The molecule has 4 rings (SSSR count). The lowest BCUT2D eigenvalue weighted by Crippen LogP contribution is -2.11. The molecule has 23 heavy (non-hydrogen) atoms. The van der Waals surface area contributed by atoms with Crippen molar-refractivity contribution < 1.29 is 0 Å². The van der Waals surface area contributed by atoms with Gasteiger partial charge in [0, 0.05) is 29.6 Å². The molecule has 0 aliphatic heterocycles. The van der Waals surface area contributed by atoms with E-state index in [1.54, 1.807) is 11.3 Å². The molecule has 0 radical (unpaired) electrons. The molecule has 118 valence electrons. The Labute approximate surface area is 139 Å². The van der Waals surface area contributed by atoms with Crippen molar-refractivity contribution in [2.75, 3.05) is 0 Å². The van der Waals surface area contributed by atoms with E-state index in [1.165, 1.54) is 29.3 Å². The molecule has 3 atom stereocenters. The first-order valence-electron chi connectivity index (χ1n) is 8.80. The molecular formula is C22H25N. The van der Waals surface area contributed by atoms with E-state index in [0.717, 1.165) is 0 Å². The number of para-hydroxylation sites is 1. The highest BCUT2D eigenvalue weighted by molar-refractivity contribution is 5.87. The summed E-state index contributed by atoms with van der Waals surface area (Å²) in [5, 5.41) is 1.44. The van der Waals surface area contributed by atoms with Gasteiger partial charge in [-0.05, 0) is 41.9 Å². The highest BCUT2D eigenvalue weighted by Crippen LogP contribution is 2.47. The standard InChI is InChI=1S/C22H25N/c1-15-13-14-16(2)22-21(20(15)17-9-5-4-6-10-17)18-11-7-8-12-19(18)23(22)3/h4-12,15-16,20H,13-14H2,1-3H3. The van der Waals surface area contributed by atoms with Crippen LogP contribution in [0, 0.1) is 5.92 Å². The quantitative estimate of drug-likeness (QED) is 0.497. The van der Waals surface area contributed by atoms with Gasteiger partial charge in [0.25, 0.3) is 0 Å². The predicted octanol–water partition coefficient (Wildman–Crippen LogP) is 5.84. The van der Waals surface area contributed by atoms with Crippen LogP contribution in [0.3, 0.4) is 0 Å². The summed E-state index contributed by atoms with van der Waals surface area (Å²) >= 11 is 0. The third-order valence-electron chi connectivity index (χ3n) is 5.75. The fraction of sp³-hybridized carbons (Fsp3) is 0.364. The molecule has 1 aromatic heterocycles. The van der Waals surface area contributed by atoms with Gasteiger partial charge in [-0.2, -0.15) is 0 Å². The van der Waals surface area contributed by atoms with Crippen LogP contribution in [0.1, 0.15) is 55.3 Å². The number of nitrogens with zero attached hydrogens (tertiary/aromatic N) is 1. The maximum absolute atomic E-state index is 2.45. The molecule has 0 fully saturated rings. The van der Waals surface area contributed by atoms with Crippen LogP contribution >= 0.6 is 0 Å². The number of benzene rings is 2. The van der Waals surface area contributed by atoms with Gasteiger partial charge < -0.3 is 4.57 Å². The van der Waals surface area contributed by atoms with Crippen molar-refractivity contribution in [2.45, 2.75) is 38.5 Å². The average molecular weight is 303 g/mol. The normalized spacial score (nSPS) is 24.4. The largest absolute Gasteiger partial charge is 0.347 e. The maximum atomic E-state index is 2.45. The van der Waals surface area contributed by atoms with Crippen molar-refractivity contribution in [1.82, 2.24) is 4.57 Å². The average Bonchev–Trinajstić information content (AvgIpc) is 2.79. The lowest BCUT2D eigenvalue weighted by molar-refractivity contribution is 0.461. The van der Waals surface area contributed by atoms with E-state index in [0.29, 0.717) is 17.8 Å². The first-order valence-corrected chi connectivity index (χ1v) is 8.80. The molecule has 0 bridgehead atoms. The molecule has 1 aliphatic carbocycles. The first kappa shape index (κ1) is 14.6. The van der Waals surface area contributed by atoms with Crippen LogP contribution in [0.15, 0.2) is 54.6 Å². The third kappa shape index (κ3) is 2.22. The minimum atomic E-state index is 0.502. The smallest absolute Gasteiger partial charge is 0.0483 e. The second kappa shape index (κ2) is 5.56. The van der Waals surface area contributed by atoms with Gasteiger partial charge in [-0.15, -0.1) is 0 Å². The molecule has 2 aromatic carbocycles. The van der Waals surface area contributed by atoms with Gasteiger partial charge in [-0.3, -0.25) is 0 Å². The van der Waals surface area contributed by atoms with Crippen molar-refractivity contribution in [1.29, 1.82) is 0 Å². The van der Waals surface area contributed by atoms with Gasteiger partial charge in [0.05, 0.1) is 0 Å². The number of fused-ring (bicyclic) bond motifs is 3. The Balaban J connectivity index is 2.05. The fourth-order valence-corrected chi connectivity index (χ4v) is 4.62. The molecular weight excluding hydrogens is 278 g/mol. The topological polar surface area (TPSA) is 4.93 Å². The Morgan fingerprint density at radius 1 is 0.870 bits per heavy atom. The molecule has 0 saturated heterocycles. The lowest BCUT2D eigenvalue weighted by Gasteiger charge is -2.23. The number of hydrogen-bond acceptors (Lipinski definition) is 0.